The van der Waals surface area contributed by atoms with Gasteiger partial charge in [-0.25, -0.2) is 0 Å². The topological polar surface area (TPSA) is 66.0 Å². The number of hydrogen-bond donors (Lipinski definition) is 2. The van der Waals surface area contributed by atoms with Crippen molar-refractivity contribution in [3.8, 4) is 0 Å². The van der Waals surface area contributed by atoms with Crippen LogP contribution in [-0.2, 0) is 15.5 Å². The van der Waals surface area contributed by atoms with E-state index in [9.17, 15) is 4.21 Å². The van der Waals surface area contributed by atoms with Crippen LogP contribution >= 0.6 is 0 Å². The molecule has 1 saturated heterocycles. The average molecular weight is 347 g/mol. The summed E-state index contributed by atoms with van der Waals surface area (Å²) in [6.45, 7) is 10.7. The molecule has 136 valence electrons. The van der Waals surface area contributed by atoms with E-state index in [0.717, 1.165) is 45.0 Å². The molecule has 1 aliphatic heterocycles. The van der Waals surface area contributed by atoms with E-state index < -0.39 is 10.8 Å². The van der Waals surface area contributed by atoms with Gasteiger partial charge in [-0.15, -0.1) is 0 Å². The molecule has 1 aliphatic rings. The van der Waals surface area contributed by atoms with Gasteiger partial charge in [0.25, 0.3) is 0 Å². The number of guanidine groups is 1. The Hall–Kier alpha value is -0.660. The maximum atomic E-state index is 12.0. The van der Waals surface area contributed by atoms with Crippen molar-refractivity contribution in [1.29, 1.82) is 0 Å². The lowest BCUT2D eigenvalue weighted by molar-refractivity contribution is 0.128. The van der Waals surface area contributed by atoms with E-state index in [-0.39, 0.29) is 4.75 Å². The molecule has 7 heteroatoms. The Bertz CT molecular complexity index is 388. The molecule has 1 rings (SSSR count). The number of ether oxygens (including phenoxy) is 1. The van der Waals surface area contributed by atoms with Gasteiger partial charge < -0.3 is 20.3 Å². The Morgan fingerprint density at radius 1 is 1.35 bits per heavy atom. The van der Waals surface area contributed by atoms with Crippen molar-refractivity contribution >= 4 is 16.8 Å². The summed E-state index contributed by atoms with van der Waals surface area (Å²) in [5.41, 5.74) is 0. The van der Waals surface area contributed by atoms with Crippen molar-refractivity contribution in [1.82, 2.24) is 15.5 Å². The molecule has 0 aliphatic carbocycles. The maximum absolute atomic E-state index is 12.0. The number of nitrogens with one attached hydrogen (secondary N) is 2. The molecule has 0 aromatic heterocycles. The van der Waals surface area contributed by atoms with E-state index in [4.69, 9.17) is 4.74 Å². The summed E-state index contributed by atoms with van der Waals surface area (Å²) in [4.78, 5) is 6.71. The van der Waals surface area contributed by atoms with Crippen LogP contribution in [-0.4, -0.2) is 78.6 Å². The molecule has 6 nitrogen and oxygen atoms in total. The second-order valence-corrected chi connectivity index (χ2v) is 9.24. The highest BCUT2D eigenvalue weighted by molar-refractivity contribution is 7.86. The first-order valence-electron chi connectivity index (χ1n) is 8.43. The molecule has 1 heterocycles. The highest BCUT2D eigenvalue weighted by atomic mass is 32.2. The molecule has 1 unspecified atom stereocenters. The number of nitrogens with zero attached hydrogens (tertiary/aromatic N) is 2. The minimum atomic E-state index is -0.834. The number of methoxy groups -OCH3 is 1. The smallest absolute Gasteiger partial charge is 0.191 e. The van der Waals surface area contributed by atoms with Crippen LogP contribution in [0.4, 0.5) is 0 Å². The molecule has 0 spiro atoms. The lowest BCUT2D eigenvalue weighted by Gasteiger charge is -2.32. The fourth-order valence-corrected chi connectivity index (χ4v) is 3.38. The van der Waals surface area contributed by atoms with Crippen LogP contribution in [0.5, 0.6) is 0 Å². The molecule has 0 radical (unpaired) electrons. The first kappa shape index (κ1) is 20.4. The number of likely N-dealkylation sites (tertiary alicyclic amines) is 1. The predicted octanol–water partition coefficient (Wildman–Crippen LogP) is 0.809. The van der Waals surface area contributed by atoms with Gasteiger partial charge >= 0.3 is 0 Å². The lowest BCUT2D eigenvalue weighted by atomic mass is 10.1. The van der Waals surface area contributed by atoms with Crippen molar-refractivity contribution < 1.29 is 8.95 Å². The summed E-state index contributed by atoms with van der Waals surface area (Å²) in [6, 6.07) is 0.452. The standard InChI is InChI=1S/C16H34N4O2S/c1-16(2,3)23(21)13-8-18-15(17-4)19-14-6-9-20(10-7-14)11-12-22-5/h14H,6-13H2,1-5H3,(H2,17,18,19). The van der Waals surface area contributed by atoms with E-state index in [1.165, 1.54) is 0 Å². The fourth-order valence-electron chi connectivity index (χ4n) is 2.48. The maximum Gasteiger partial charge on any atom is 0.191 e. The Balaban J connectivity index is 2.26. The fraction of sp³-hybridized carbons (Fsp3) is 0.938. The molecule has 1 atom stereocenters. The molecular weight excluding hydrogens is 312 g/mol. The summed E-state index contributed by atoms with van der Waals surface area (Å²) in [6.07, 6.45) is 2.22. The van der Waals surface area contributed by atoms with Gasteiger partial charge in [0.15, 0.2) is 5.96 Å². The van der Waals surface area contributed by atoms with Crippen LogP contribution in [0.25, 0.3) is 0 Å². The monoisotopic (exact) mass is 346 g/mol. The van der Waals surface area contributed by atoms with Crippen LogP contribution < -0.4 is 10.6 Å². The normalized spacial score (nSPS) is 19.6. The van der Waals surface area contributed by atoms with Gasteiger partial charge in [0.1, 0.15) is 0 Å². The highest BCUT2D eigenvalue weighted by Crippen LogP contribution is 2.11. The number of rotatable bonds is 7. The Morgan fingerprint density at radius 2 is 2.00 bits per heavy atom. The van der Waals surface area contributed by atoms with Gasteiger partial charge in [0.05, 0.1) is 6.61 Å². The second-order valence-electron chi connectivity index (χ2n) is 6.91. The van der Waals surface area contributed by atoms with Gasteiger partial charge in [0.2, 0.25) is 0 Å². The quantitative estimate of drug-likeness (QED) is 0.527. The third kappa shape index (κ3) is 8.13. The van der Waals surface area contributed by atoms with Crippen molar-refractivity contribution in [2.24, 2.45) is 4.99 Å². The highest BCUT2D eigenvalue weighted by Gasteiger charge is 2.21. The van der Waals surface area contributed by atoms with E-state index in [0.29, 0.717) is 18.3 Å². The van der Waals surface area contributed by atoms with Crippen molar-refractivity contribution in [3.05, 3.63) is 0 Å². The Labute approximate surface area is 143 Å². The second kappa shape index (κ2) is 10.3. The molecule has 0 bridgehead atoms. The summed E-state index contributed by atoms with van der Waals surface area (Å²) in [5.74, 6) is 1.45. The van der Waals surface area contributed by atoms with Gasteiger partial charge in [0, 0.05) is 67.7 Å². The Morgan fingerprint density at radius 3 is 2.52 bits per heavy atom. The Kier molecular flexibility index (Phi) is 9.09. The van der Waals surface area contributed by atoms with E-state index >= 15 is 0 Å². The van der Waals surface area contributed by atoms with Crippen molar-refractivity contribution in [2.45, 2.75) is 44.4 Å². The molecule has 2 N–H and O–H groups in total. The zero-order chi connectivity index (χ0) is 17.3. The molecule has 23 heavy (non-hydrogen) atoms. The first-order chi connectivity index (χ1) is 10.9. The van der Waals surface area contributed by atoms with Crippen LogP contribution in [0.15, 0.2) is 4.99 Å². The molecule has 0 aromatic carbocycles. The summed E-state index contributed by atoms with van der Waals surface area (Å²) in [5, 5.41) is 6.75. The number of hydrogen-bond acceptors (Lipinski definition) is 4. The third-order valence-corrected chi connectivity index (χ3v) is 5.97. The van der Waals surface area contributed by atoms with Gasteiger partial charge in [-0.05, 0) is 33.6 Å². The molecule has 0 aromatic rings. The minimum absolute atomic E-state index is 0.159. The zero-order valence-corrected chi connectivity index (χ0v) is 16.2. The third-order valence-electron chi connectivity index (χ3n) is 4.03. The van der Waals surface area contributed by atoms with Gasteiger partial charge in [-0.2, -0.15) is 0 Å². The van der Waals surface area contributed by atoms with Crippen molar-refractivity contribution in [2.75, 3.05) is 52.7 Å². The van der Waals surface area contributed by atoms with Crippen LogP contribution in [0.1, 0.15) is 33.6 Å². The minimum Gasteiger partial charge on any atom is -0.383 e. The molecule has 1 fully saturated rings. The molecule has 0 saturated carbocycles. The molecular formula is C16H34N4O2S. The van der Waals surface area contributed by atoms with Gasteiger partial charge in [-0.3, -0.25) is 9.20 Å². The van der Waals surface area contributed by atoms with Gasteiger partial charge in [-0.1, -0.05) is 0 Å². The lowest BCUT2D eigenvalue weighted by Crippen LogP contribution is -2.49. The summed E-state index contributed by atoms with van der Waals surface area (Å²) < 4.78 is 17.0. The van der Waals surface area contributed by atoms with Crippen molar-refractivity contribution in [3.63, 3.8) is 0 Å². The van der Waals surface area contributed by atoms with E-state index in [1.54, 1.807) is 14.2 Å². The molecule has 0 amide bonds. The predicted molar refractivity (Wildman–Crippen MR) is 98.6 cm³/mol. The summed E-state index contributed by atoms with van der Waals surface area (Å²) in [7, 11) is 2.69. The summed E-state index contributed by atoms with van der Waals surface area (Å²) >= 11 is 0. The van der Waals surface area contributed by atoms with Crippen LogP contribution in [0.3, 0.4) is 0 Å². The van der Waals surface area contributed by atoms with Crippen LogP contribution in [0, 0.1) is 0 Å². The zero-order valence-electron chi connectivity index (χ0n) is 15.4. The SMILES string of the molecule is CN=C(NCCS(=O)C(C)(C)C)NC1CCN(CCOC)CC1. The van der Waals surface area contributed by atoms with E-state index in [1.807, 2.05) is 20.8 Å². The van der Waals surface area contributed by atoms with Crippen LogP contribution in [0.2, 0.25) is 0 Å². The number of piperidine rings is 1. The van der Waals surface area contributed by atoms with E-state index in [2.05, 4.69) is 20.5 Å². The average Bonchev–Trinajstić information content (AvgIpc) is 2.52. The number of aliphatic imine (C=N–C) groups is 1. The largest absolute Gasteiger partial charge is 0.383 e. The first-order valence-corrected chi connectivity index (χ1v) is 9.75.